The summed E-state index contributed by atoms with van der Waals surface area (Å²) in [5, 5.41) is 1.12. The molecule has 28 heavy (non-hydrogen) atoms. The molecule has 4 nitrogen and oxygen atoms in total. The van der Waals surface area contributed by atoms with E-state index in [1.54, 1.807) is 11.3 Å². The van der Waals surface area contributed by atoms with E-state index in [0.717, 1.165) is 78.8 Å². The lowest BCUT2D eigenvalue weighted by molar-refractivity contribution is 0.0728. The molecule has 146 valence electrons. The number of carbonyl (C=O) groups excluding carboxylic acids is 1. The molecule has 3 heterocycles. The number of morpholine rings is 1. The molecule has 0 aliphatic carbocycles. The number of ether oxygens (including phenoxy) is 1. The van der Waals surface area contributed by atoms with Crippen LogP contribution in [0.25, 0.3) is 0 Å². The SMILES string of the molecule is Cc1c(C(=O)N2CCCCC2)sc(N2CCOCC2)c1C#Cc1ccccc1. The largest absolute Gasteiger partial charge is 0.378 e. The van der Waals surface area contributed by atoms with Crippen LogP contribution in [0.2, 0.25) is 0 Å². The maximum absolute atomic E-state index is 13.2. The Kier molecular flexibility index (Phi) is 5.99. The third-order valence-corrected chi connectivity index (χ3v) is 6.71. The Morgan fingerprint density at radius 3 is 2.43 bits per heavy atom. The van der Waals surface area contributed by atoms with Crippen LogP contribution in [0.3, 0.4) is 0 Å². The monoisotopic (exact) mass is 394 g/mol. The third kappa shape index (κ3) is 4.09. The van der Waals surface area contributed by atoms with Crippen molar-refractivity contribution in [1.29, 1.82) is 0 Å². The summed E-state index contributed by atoms with van der Waals surface area (Å²) in [6.07, 6.45) is 3.43. The van der Waals surface area contributed by atoms with E-state index in [0.29, 0.717) is 0 Å². The second-order valence-electron chi connectivity index (χ2n) is 7.30. The zero-order chi connectivity index (χ0) is 19.3. The lowest BCUT2D eigenvalue weighted by atomic mass is 10.1. The predicted molar refractivity (Wildman–Crippen MR) is 114 cm³/mol. The lowest BCUT2D eigenvalue weighted by Crippen LogP contribution is -2.36. The predicted octanol–water partition coefficient (Wildman–Crippen LogP) is 3.92. The van der Waals surface area contributed by atoms with Crippen LogP contribution in [0, 0.1) is 18.8 Å². The van der Waals surface area contributed by atoms with Gasteiger partial charge in [0, 0.05) is 31.7 Å². The fraction of sp³-hybridized carbons (Fsp3) is 0.435. The summed E-state index contributed by atoms with van der Waals surface area (Å²) >= 11 is 1.61. The average molecular weight is 395 g/mol. The fourth-order valence-corrected chi connectivity index (χ4v) is 5.02. The Balaban J connectivity index is 1.71. The summed E-state index contributed by atoms with van der Waals surface area (Å²) in [5.74, 6) is 6.84. The molecule has 2 fully saturated rings. The number of rotatable bonds is 2. The van der Waals surface area contributed by atoms with Crippen molar-refractivity contribution in [1.82, 2.24) is 4.90 Å². The van der Waals surface area contributed by atoms with Gasteiger partial charge in [0.25, 0.3) is 5.91 Å². The number of anilines is 1. The molecular formula is C23H26N2O2S. The fourth-order valence-electron chi connectivity index (χ4n) is 3.74. The van der Waals surface area contributed by atoms with Crippen LogP contribution in [0.4, 0.5) is 5.00 Å². The Morgan fingerprint density at radius 1 is 1.00 bits per heavy atom. The van der Waals surface area contributed by atoms with E-state index in [1.165, 1.54) is 6.42 Å². The van der Waals surface area contributed by atoms with Gasteiger partial charge in [-0.15, -0.1) is 11.3 Å². The van der Waals surface area contributed by atoms with Crippen LogP contribution in [0.15, 0.2) is 30.3 Å². The molecule has 5 heteroatoms. The Hall–Kier alpha value is -2.29. The summed E-state index contributed by atoms with van der Waals surface area (Å²) in [7, 11) is 0. The van der Waals surface area contributed by atoms with Gasteiger partial charge in [-0.05, 0) is 43.9 Å². The van der Waals surface area contributed by atoms with Gasteiger partial charge in [-0.25, -0.2) is 0 Å². The van der Waals surface area contributed by atoms with Gasteiger partial charge >= 0.3 is 0 Å². The molecule has 1 aromatic heterocycles. The van der Waals surface area contributed by atoms with Gasteiger partial charge < -0.3 is 14.5 Å². The summed E-state index contributed by atoms with van der Waals surface area (Å²) in [6.45, 7) is 6.92. The number of benzene rings is 1. The van der Waals surface area contributed by atoms with E-state index in [-0.39, 0.29) is 5.91 Å². The molecular weight excluding hydrogens is 368 g/mol. The Morgan fingerprint density at radius 2 is 1.71 bits per heavy atom. The molecule has 0 unspecified atom stereocenters. The minimum Gasteiger partial charge on any atom is -0.378 e. The number of amides is 1. The van der Waals surface area contributed by atoms with Crippen LogP contribution in [0.5, 0.6) is 0 Å². The van der Waals surface area contributed by atoms with Crippen molar-refractivity contribution < 1.29 is 9.53 Å². The Bertz CT molecular complexity index is 883. The van der Waals surface area contributed by atoms with Crippen molar-refractivity contribution in [2.75, 3.05) is 44.3 Å². The second-order valence-corrected chi connectivity index (χ2v) is 8.30. The van der Waals surface area contributed by atoms with Gasteiger partial charge in [0.15, 0.2) is 0 Å². The number of likely N-dealkylation sites (tertiary alicyclic amines) is 1. The van der Waals surface area contributed by atoms with Gasteiger partial charge in [-0.2, -0.15) is 0 Å². The zero-order valence-electron chi connectivity index (χ0n) is 16.4. The molecule has 0 bridgehead atoms. The standard InChI is InChI=1S/C23H26N2O2S/c1-18-20(11-10-19-8-4-2-5-9-19)23(25-14-16-27-17-15-25)28-21(18)22(26)24-12-6-3-7-13-24/h2,4-5,8-9H,3,6-7,12-17H2,1H3. The van der Waals surface area contributed by atoms with E-state index in [9.17, 15) is 4.79 Å². The first-order valence-corrected chi connectivity index (χ1v) is 10.9. The number of piperidine rings is 1. The summed E-state index contributed by atoms with van der Waals surface area (Å²) in [4.78, 5) is 18.4. The van der Waals surface area contributed by atoms with E-state index >= 15 is 0 Å². The van der Waals surface area contributed by atoms with Gasteiger partial charge in [0.2, 0.25) is 0 Å². The number of thiophene rings is 1. The van der Waals surface area contributed by atoms with Gasteiger partial charge in [-0.1, -0.05) is 30.0 Å². The zero-order valence-corrected chi connectivity index (χ0v) is 17.2. The second kappa shape index (κ2) is 8.81. The number of carbonyl (C=O) groups is 1. The highest BCUT2D eigenvalue weighted by Crippen LogP contribution is 2.37. The van der Waals surface area contributed by atoms with Crippen molar-refractivity contribution in [2.24, 2.45) is 0 Å². The molecule has 0 saturated carbocycles. The first kappa shape index (κ1) is 19.0. The summed E-state index contributed by atoms with van der Waals surface area (Å²) in [5.41, 5.74) is 3.01. The first-order chi connectivity index (χ1) is 13.7. The molecule has 0 N–H and O–H groups in total. The van der Waals surface area contributed by atoms with Gasteiger partial charge in [0.1, 0.15) is 5.00 Å². The highest BCUT2D eigenvalue weighted by molar-refractivity contribution is 7.18. The van der Waals surface area contributed by atoms with Crippen molar-refractivity contribution >= 4 is 22.2 Å². The maximum Gasteiger partial charge on any atom is 0.264 e. The molecule has 4 rings (SSSR count). The number of nitrogens with zero attached hydrogens (tertiary/aromatic N) is 2. The smallest absolute Gasteiger partial charge is 0.264 e. The average Bonchev–Trinajstić information content (AvgIpc) is 3.10. The maximum atomic E-state index is 13.2. The molecule has 2 aliphatic heterocycles. The van der Waals surface area contributed by atoms with Crippen molar-refractivity contribution in [3.05, 3.63) is 51.9 Å². The van der Waals surface area contributed by atoms with Gasteiger partial charge in [0.05, 0.1) is 23.7 Å². The van der Waals surface area contributed by atoms with Crippen LogP contribution < -0.4 is 4.90 Å². The van der Waals surface area contributed by atoms with E-state index in [4.69, 9.17) is 4.74 Å². The molecule has 0 radical (unpaired) electrons. The van der Waals surface area contributed by atoms with E-state index in [1.807, 2.05) is 42.2 Å². The number of hydrogen-bond donors (Lipinski definition) is 0. The number of hydrogen-bond acceptors (Lipinski definition) is 4. The minimum absolute atomic E-state index is 0.171. The molecule has 2 saturated heterocycles. The third-order valence-electron chi connectivity index (χ3n) is 5.37. The molecule has 2 aliphatic rings. The topological polar surface area (TPSA) is 32.8 Å². The van der Waals surface area contributed by atoms with Crippen molar-refractivity contribution in [3.63, 3.8) is 0 Å². The quantitative estimate of drug-likeness (QED) is 0.724. The van der Waals surface area contributed by atoms with Crippen molar-refractivity contribution in [2.45, 2.75) is 26.2 Å². The summed E-state index contributed by atoms with van der Waals surface area (Å²) < 4.78 is 5.52. The van der Waals surface area contributed by atoms with Crippen LogP contribution >= 0.6 is 11.3 Å². The van der Waals surface area contributed by atoms with Crippen LogP contribution in [-0.2, 0) is 4.74 Å². The van der Waals surface area contributed by atoms with Crippen LogP contribution in [0.1, 0.15) is 45.6 Å². The Labute approximate surface area is 171 Å². The molecule has 0 atom stereocenters. The lowest BCUT2D eigenvalue weighted by Gasteiger charge is -2.28. The molecule has 2 aromatic rings. The van der Waals surface area contributed by atoms with Crippen molar-refractivity contribution in [3.8, 4) is 11.8 Å². The van der Waals surface area contributed by atoms with E-state index in [2.05, 4.69) is 16.7 Å². The highest BCUT2D eigenvalue weighted by atomic mass is 32.1. The first-order valence-electron chi connectivity index (χ1n) is 10.1. The normalized spacial score (nSPS) is 17.2. The van der Waals surface area contributed by atoms with Crippen LogP contribution in [-0.4, -0.2) is 50.2 Å². The van der Waals surface area contributed by atoms with E-state index < -0.39 is 0 Å². The summed E-state index contributed by atoms with van der Waals surface area (Å²) in [6, 6.07) is 10.0. The molecule has 1 aromatic carbocycles. The minimum atomic E-state index is 0.171. The molecule has 0 spiro atoms. The highest BCUT2D eigenvalue weighted by Gasteiger charge is 2.27. The van der Waals surface area contributed by atoms with Gasteiger partial charge in [-0.3, -0.25) is 4.79 Å². The molecule has 1 amide bonds.